The summed E-state index contributed by atoms with van der Waals surface area (Å²) in [7, 11) is 1.69. The molecule has 2 aliphatic rings. The standard InChI is InChI=1S/C21H28N4O2/c1-23-21(27)25(18-12-6-3-7-13-18)19(22-23)17-11-8-14-24(15-17)20(26)16-9-4-2-5-10-16/h3,6-7,12-13,16-17H,2,4-5,8-11,14-15H2,1H3. The van der Waals surface area contributed by atoms with Gasteiger partial charge in [-0.25, -0.2) is 14.0 Å². The third kappa shape index (κ3) is 3.57. The Morgan fingerprint density at radius 2 is 1.78 bits per heavy atom. The van der Waals surface area contributed by atoms with Gasteiger partial charge in [0.15, 0.2) is 0 Å². The van der Waals surface area contributed by atoms with Gasteiger partial charge < -0.3 is 4.90 Å². The van der Waals surface area contributed by atoms with Crippen molar-refractivity contribution in [3.63, 3.8) is 0 Å². The number of aromatic nitrogens is 3. The van der Waals surface area contributed by atoms with Gasteiger partial charge in [-0.2, -0.15) is 5.10 Å². The highest BCUT2D eigenvalue weighted by molar-refractivity contribution is 5.79. The van der Waals surface area contributed by atoms with Crippen LogP contribution in [0.15, 0.2) is 35.1 Å². The van der Waals surface area contributed by atoms with Crippen molar-refractivity contribution in [2.24, 2.45) is 13.0 Å². The summed E-state index contributed by atoms with van der Waals surface area (Å²) in [6.07, 6.45) is 7.56. The maximum Gasteiger partial charge on any atom is 0.350 e. The molecule has 1 aromatic heterocycles. The highest BCUT2D eigenvalue weighted by atomic mass is 16.2. The highest BCUT2D eigenvalue weighted by Crippen LogP contribution is 2.30. The van der Waals surface area contributed by atoms with Gasteiger partial charge in [0.25, 0.3) is 0 Å². The summed E-state index contributed by atoms with van der Waals surface area (Å²) in [5.41, 5.74) is 0.702. The van der Waals surface area contributed by atoms with Crippen molar-refractivity contribution in [1.29, 1.82) is 0 Å². The molecule has 0 radical (unpaired) electrons. The molecule has 1 atom stereocenters. The number of rotatable bonds is 3. The first kappa shape index (κ1) is 18.0. The summed E-state index contributed by atoms with van der Waals surface area (Å²) in [5.74, 6) is 1.37. The van der Waals surface area contributed by atoms with Crippen LogP contribution in [0.4, 0.5) is 0 Å². The second-order valence-electron chi connectivity index (χ2n) is 7.89. The van der Waals surface area contributed by atoms with E-state index >= 15 is 0 Å². The zero-order chi connectivity index (χ0) is 18.8. The first-order valence-electron chi connectivity index (χ1n) is 10.2. The molecular weight excluding hydrogens is 340 g/mol. The van der Waals surface area contributed by atoms with E-state index in [0.29, 0.717) is 12.5 Å². The van der Waals surface area contributed by atoms with Crippen molar-refractivity contribution in [3.05, 3.63) is 46.6 Å². The second kappa shape index (κ2) is 7.71. The smallest absolute Gasteiger partial charge is 0.342 e. The fraction of sp³-hybridized carbons (Fsp3) is 0.571. The Labute approximate surface area is 159 Å². The number of carbonyl (C=O) groups excluding carboxylic acids is 1. The molecule has 2 aromatic rings. The van der Waals surface area contributed by atoms with Gasteiger partial charge in [-0.15, -0.1) is 0 Å². The van der Waals surface area contributed by atoms with Crippen LogP contribution in [-0.2, 0) is 11.8 Å². The van der Waals surface area contributed by atoms with Crippen LogP contribution in [0.2, 0.25) is 0 Å². The minimum Gasteiger partial charge on any atom is -0.342 e. The van der Waals surface area contributed by atoms with E-state index in [1.807, 2.05) is 35.2 Å². The molecule has 0 bridgehead atoms. The summed E-state index contributed by atoms with van der Waals surface area (Å²) >= 11 is 0. The van der Waals surface area contributed by atoms with Gasteiger partial charge in [0, 0.05) is 32.0 Å². The van der Waals surface area contributed by atoms with Crippen molar-refractivity contribution in [2.75, 3.05) is 13.1 Å². The lowest BCUT2D eigenvalue weighted by Crippen LogP contribution is -2.43. The molecular formula is C21H28N4O2. The van der Waals surface area contributed by atoms with E-state index in [1.165, 1.54) is 23.9 Å². The molecule has 0 spiro atoms. The van der Waals surface area contributed by atoms with Crippen LogP contribution >= 0.6 is 0 Å². The fourth-order valence-corrected chi connectivity index (χ4v) is 4.56. The molecule has 2 heterocycles. The Morgan fingerprint density at radius 1 is 1.04 bits per heavy atom. The van der Waals surface area contributed by atoms with Crippen LogP contribution in [-0.4, -0.2) is 38.2 Å². The number of carbonyl (C=O) groups is 1. The summed E-state index contributed by atoms with van der Waals surface area (Å²) in [6.45, 7) is 1.49. The summed E-state index contributed by atoms with van der Waals surface area (Å²) < 4.78 is 3.11. The zero-order valence-electron chi connectivity index (χ0n) is 16.0. The predicted octanol–water partition coefficient (Wildman–Crippen LogP) is 2.86. The summed E-state index contributed by atoms with van der Waals surface area (Å²) in [5, 5.41) is 4.55. The third-order valence-corrected chi connectivity index (χ3v) is 6.02. The SMILES string of the molecule is Cn1nc(C2CCCN(C(=O)C3CCCCC3)C2)n(-c2ccccc2)c1=O. The van der Waals surface area contributed by atoms with Crippen LogP contribution in [0.1, 0.15) is 56.7 Å². The number of hydrogen-bond donors (Lipinski definition) is 0. The summed E-state index contributed by atoms with van der Waals surface area (Å²) in [6, 6.07) is 9.66. The van der Waals surface area contributed by atoms with Gasteiger partial charge in [0.2, 0.25) is 5.91 Å². The van der Waals surface area contributed by atoms with E-state index in [1.54, 1.807) is 11.6 Å². The quantitative estimate of drug-likeness (QED) is 0.837. The van der Waals surface area contributed by atoms with Crippen molar-refractivity contribution in [2.45, 2.75) is 50.9 Å². The summed E-state index contributed by atoms with van der Waals surface area (Å²) in [4.78, 5) is 27.7. The van der Waals surface area contributed by atoms with E-state index in [0.717, 1.165) is 43.7 Å². The molecule has 1 aliphatic carbocycles. The zero-order valence-corrected chi connectivity index (χ0v) is 16.0. The maximum atomic E-state index is 13.0. The average molecular weight is 368 g/mol. The molecule has 0 N–H and O–H groups in total. The van der Waals surface area contributed by atoms with Crippen molar-refractivity contribution >= 4 is 5.91 Å². The number of hydrogen-bond acceptors (Lipinski definition) is 3. The lowest BCUT2D eigenvalue weighted by Gasteiger charge is -2.35. The van der Waals surface area contributed by atoms with Crippen molar-refractivity contribution in [3.8, 4) is 5.69 Å². The van der Waals surface area contributed by atoms with E-state index in [9.17, 15) is 9.59 Å². The Balaban J connectivity index is 1.59. The van der Waals surface area contributed by atoms with Crippen LogP contribution in [0.25, 0.3) is 5.69 Å². The molecule has 2 fully saturated rings. The topological polar surface area (TPSA) is 60.1 Å². The second-order valence-corrected chi connectivity index (χ2v) is 7.89. The Bertz CT molecular complexity index is 849. The van der Waals surface area contributed by atoms with Gasteiger partial charge in [0.1, 0.15) is 5.82 Å². The normalized spacial score (nSPS) is 21.4. The van der Waals surface area contributed by atoms with E-state index in [2.05, 4.69) is 5.10 Å². The van der Waals surface area contributed by atoms with E-state index in [-0.39, 0.29) is 17.5 Å². The largest absolute Gasteiger partial charge is 0.350 e. The molecule has 6 nitrogen and oxygen atoms in total. The first-order valence-corrected chi connectivity index (χ1v) is 10.2. The lowest BCUT2D eigenvalue weighted by molar-refractivity contribution is -0.137. The number of amides is 1. The number of para-hydroxylation sites is 1. The molecule has 6 heteroatoms. The monoisotopic (exact) mass is 368 g/mol. The molecule has 1 unspecified atom stereocenters. The van der Waals surface area contributed by atoms with Crippen LogP contribution in [0.3, 0.4) is 0 Å². The molecule has 27 heavy (non-hydrogen) atoms. The van der Waals surface area contributed by atoms with Crippen molar-refractivity contribution in [1.82, 2.24) is 19.2 Å². The number of nitrogens with zero attached hydrogens (tertiary/aromatic N) is 4. The Morgan fingerprint density at radius 3 is 2.52 bits per heavy atom. The molecule has 144 valence electrons. The van der Waals surface area contributed by atoms with E-state index in [4.69, 9.17) is 0 Å². The van der Waals surface area contributed by atoms with Crippen molar-refractivity contribution < 1.29 is 4.79 Å². The number of piperidine rings is 1. The average Bonchev–Trinajstić information content (AvgIpc) is 3.03. The molecule has 1 saturated carbocycles. The molecule has 1 amide bonds. The van der Waals surface area contributed by atoms with Gasteiger partial charge >= 0.3 is 5.69 Å². The van der Waals surface area contributed by atoms with Crippen LogP contribution in [0.5, 0.6) is 0 Å². The highest BCUT2D eigenvalue weighted by Gasteiger charge is 2.32. The maximum absolute atomic E-state index is 13.0. The third-order valence-electron chi connectivity index (χ3n) is 6.02. The molecule has 4 rings (SSSR count). The van der Waals surface area contributed by atoms with Crippen LogP contribution in [0, 0.1) is 5.92 Å². The number of benzene rings is 1. The first-order chi connectivity index (χ1) is 13.1. The Kier molecular flexibility index (Phi) is 5.14. The molecule has 1 aromatic carbocycles. The lowest BCUT2D eigenvalue weighted by atomic mass is 9.87. The Hall–Kier alpha value is -2.37. The number of likely N-dealkylation sites (tertiary alicyclic amines) is 1. The fourth-order valence-electron chi connectivity index (χ4n) is 4.56. The van der Waals surface area contributed by atoms with Gasteiger partial charge in [-0.05, 0) is 37.8 Å². The number of aryl methyl sites for hydroxylation is 1. The predicted molar refractivity (Wildman–Crippen MR) is 104 cm³/mol. The van der Waals surface area contributed by atoms with Gasteiger partial charge in [0.05, 0.1) is 5.69 Å². The minimum absolute atomic E-state index is 0.0976. The van der Waals surface area contributed by atoms with E-state index < -0.39 is 0 Å². The van der Waals surface area contributed by atoms with Gasteiger partial charge in [-0.3, -0.25) is 4.79 Å². The molecule has 1 saturated heterocycles. The van der Waals surface area contributed by atoms with Crippen LogP contribution < -0.4 is 5.69 Å². The van der Waals surface area contributed by atoms with Gasteiger partial charge in [-0.1, -0.05) is 37.5 Å². The minimum atomic E-state index is -0.132. The molecule has 1 aliphatic heterocycles.